The molecular formula is C15H11N2O. The molecule has 1 heterocycles. The fraction of sp³-hybridized carbons (Fsp3) is 0.0667. The van der Waals surface area contributed by atoms with Gasteiger partial charge in [0.1, 0.15) is 0 Å². The van der Waals surface area contributed by atoms with Crippen molar-refractivity contribution in [1.82, 2.24) is 9.55 Å². The van der Waals surface area contributed by atoms with Crippen LogP contribution < -0.4 is 5.56 Å². The van der Waals surface area contributed by atoms with Crippen molar-refractivity contribution in [3.05, 3.63) is 76.8 Å². The average molecular weight is 235 g/mol. The van der Waals surface area contributed by atoms with Gasteiger partial charge in [0.15, 0.2) is 6.33 Å². The second-order valence-electron chi connectivity index (χ2n) is 4.11. The Hall–Kier alpha value is -2.42. The number of hydrogen-bond donors (Lipinski definition) is 0. The molecule has 0 N–H and O–H groups in total. The van der Waals surface area contributed by atoms with Crippen molar-refractivity contribution < 1.29 is 0 Å². The first-order valence-electron chi connectivity index (χ1n) is 5.76. The Bertz CT molecular complexity index is 732. The molecule has 2 aromatic carbocycles. The summed E-state index contributed by atoms with van der Waals surface area (Å²) in [4.78, 5) is 16.4. The number of fused-ring (bicyclic) bond motifs is 1. The van der Waals surface area contributed by atoms with Crippen LogP contribution in [0.15, 0.2) is 59.4 Å². The van der Waals surface area contributed by atoms with Crippen LogP contribution in [-0.2, 0) is 6.54 Å². The van der Waals surface area contributed by atoms with E-state index in [0.29, 0.717) is 17.4 Å². The number of aromatic nitrogens is 2. The van der Waals surface area contributed by atoms with Crippen LogP contribution in [0, 0.1) is 6.33 Å². The van der Waals surface area contributed by atoms with Crippen LogP contribution in [0.4, 0.5) is 0 Å². The van der Waals surface area contributed by atoms with Gasteiger partial charge >= 0.3 is 0 Å². The zero-order chi connectivity index (χ0) is 12.4. The minimum atomic E-state index is -0.0514. The van der Waals surface area contributed by atoms with Crippen LogP contribution in [0.5, 0.6) is 0 Å². The zero-order valence-electron chi connectivity index (χ0n) is 9.71. The van der Waals surface area contributed by atoms with Crippen molar-refractivity contribution in [2.75, 3.05) is 0 Å². The van der Waals surface area contributed by atoms with Crippen molar-refractivity contribution in [3.8, 4) is 0 Å². The third kappa shape index (κ3) is 1.91. The second-order valence-corrected chi connectivity index (χ2v) is 4.11. The normalized spacial score (nSPS) is 10.7. The van der Waals surface area contributed by atoms with Gasteiger partial charge in [0.2, 0.25) is 0 Å². The van der Waals surface area contributed by atoms with Crippen molar-refractivity contribution in [1.29, 1.82) is 0 Å². The maximum atomic E-state index is 12.2. The van der Waals surface area contributed by atoms with Gasteiger partial charge in [0.25, 0.3) is 5.56 Å². The Kier molecular flexibility index (Phi) is 2.65. The molecule has 87 valence electrons. The summed E-state index contributed by atoms with van der Waals surface area (Å²) in [6.45, 7) is 0.498. The van der Waals surface area contributed by atoms with Crippen LogP contribution in [0.3, 0.4) is 0 Å². The number of hydrogen-bond acceptors (Lipinski definition) is 2. The highest BCUT2D eigenvalue weighted by Gasteiger charge is 2.04. The highest BCUT2D eigenvalue weighted by molar-refractivity contribution is 5.76. The molecule has 0 aliphatic carbocycles. The van der Waals surface area contributed by atoms with Crippen LogP contribution in [0.2, 0.25) is 0 Å². The lowest BCUT2D eigenvalue weighted by Gasteiger charge is -2.05. The van der Waals surface area contributed by atoms with Crippen molar-refractivity contribution in [2.45, 2.75) is 6.54 Å². The monoisotopic (exact) mass is 235 g/mol. The molecule has 0 aliphatic heterocycles. The number of benzene rings is 2. The van der Waals surface area contributed by atoms with E-state index in [0.717, 1.165) is 5.56 Å². The lowest BCUT2D eigenvalue weighted by atomic mass is 10.2. The molecule has 0 atom stereocenters. The first-order valence-corrected chi connectivity index (χ1v) is 5.76. The molecule has 18 heavy (non-hydrogen) atoms. The summed E-state index contributed by atoms with van der Waals surface area (Å²) in [7, 11) is 0. The molecule has 3 aromatic rings. The molecule has 1 radical (unpaired) electrons. The standard InChI is InChI=1S/C15H11N2O/c18-15-13-8-4-5-9-14(13)16-11-17(15)10-12-6-2-1-3-7-12/h1-9H,10H2. The van der Waals surface area contributed by atoms with E-state index in [2.05, 4.69) is 11.3 Å². The highest BCUT2D eigenvalue weighted by Crippen LogP contribution is 2.06. The van der Waals surface area contributed by atoms with Crippen LogP contribution in [0.1, 0.15) is 5.56 Å². The van der Waals surface area contributed by atoms with Gasteiger partial charge in [-0.15, -0.1) is 0 Å². The predicted molar refractivity (Wildman–Crippen MR) is 70.4 cm³/mol. The Morgan fingerprint density at radius 2 is 1.72 bits per heavy atom. The Balaban J connectivity index is 2.08. The van der Waals surface area contributed by atoms with Crippen molar-refractivity contribution in [3.63, 3.8) is 0 Å². The molecule has 0 aliphatic rings. The number of para-hydroxylation sites is 1. The second kappa shape index (κ2) is 4.45. The van der Waals surface area contributed by atoms with E-state index in [1.807, 2.05) is 48.5 Å². The first-order chi connectivity index (χ1) is 8.84. The Morgan fingerprint density at radius 3 is 2.56 bits per heavy atom. The van der Waals surface area contributed by atoms with Gasteiger partial charge in [0, 0.05) is 0 Å². The Labute approximate surface area is 104 Å². The molecule has 3 rings (SSSR count). The first kappa shape index (κ1) is 10.7. The topological polar surface area (TPSA) is 34.9 Å². The summed E-state index contributed by atoms with van der Waals surface area (Å²) in [5.74, 6) is 0. The van der Waals surface area contributed by atoms with E-state index in [1.54, 1.807) is 6.07 Å². The lowest BCUT2D eigenvalue weighted by molar-refractivity contribution is 0.740. The van der Waals surface area contributed by atoms with E-state index < -0.39 is 0 Å². The molecule has 0 bridgehead atoms. The molecule has 1 aromatic heterocycles. The minimum Gasteiger partial charge on any atom is -0.285 e. The third-order valence-corrected chi connectivity index (χ3v) is 2.85. The minimum absolute atomic E-state index is 0.0514. The Morgan fingerprint density at radius 1 is 1.00 bits per heavy atom. The third-order valence-electron chi connectivity index (χ3n) is 2.85. The zero-order valence-corrected chi connectivity index (χ0v) is 9.71. The number of rotatable bonds is 2. The van der Waals surface area contributed by atoms with Crippen LogP contribution in [0.25, 0.3) is 10.9 Å². The maximum absolute atomic E-state index is 12.2. The van der Waals surface area contributed by atoms with Gasteiger partial charge in [-0.25, -0.2) is 4.98 Å². The van der Waals surface area contributed by atoms with Gasteiger partial charge < -0.3 is 0 Å². The largest absolute Gasteiger partial charge is 0.285 e. The van der Waals surface area contributed by atoms with E-state index in [1.165, 1.54) is 4.57 Å². The molecule has 0 spiro atoms. The molecular weight excluding hydrogens is 224 g/mol. The van der Waals surface area contributed by atoms with Crippen molar-refractivity contribution in [2.24, 2.45) is 0 Å². The van der Waals surface area contributed by atoms with Gasteiger partial charge in [-0.05, 0) is 17.7 Å². The lowest BCUT2D eigenvalue weighted by Crippen LogP contribution is -2.21. The average Bonchev–Trinajstić information content (AvgIpc) is 2.43. The predicted octanol–water partition coefficient (Wildman–Crippen LogP) is 2.24. The van der Waals surface area contributed by atoms with Gasteiger partial charge in [0.05, 0.1) is 17.4 Å². The van der Waals surface area contributed by atoms with Gasteiger partial charge in [-0.2, -0.15) is 0 Å². The van der Waals surface area contributed by atoms with Gasteiger partial charge in [-0.1, -0.05) is 42.5 Å². The summed E-state index contributed by atoms with van der Waals surface area (Å²) in [6, 6.07) is 17.1. The molecule has 0 amide bonds. The molecule has 3 nitrogen and oxygen atoms in total. The molecule has 3 heteroatoms. The van der Waals surface area contributed by atoms with E-state index in [4.69, 9.17) is 0 Å². The van der Waals surface area contributed by atoms with Crippen LogP contribution in [-0.4, -0.2) is 9.55 Å². The van der Waals surface area contributed by atoms with E-state index >= 15 is 0 Å². The summed E-state index contributed by atoms with van der Waals surface area (Å²) >= 11 is 0. The summed E-state index contributed by atoms with van der Waals surface area (Å²) in [6.07, 6.45) is 2.78. The summed E-state index contributed by atoms with van der Waals surface area (Å²) < 4.78 is 1.51. The summed E-state index contributed by atoms with van der Waals surface area (Å²) in [5, 5.41) is 0.632. The van der Waals surface area contributed by atoms with E-state index in [9.17, 15) is 4.79 Å². The SMILES string of the molecule is O=c1c2ccccc2n[c]n1Cc1ccccc1. The number of nitrogens with zero attached hydrogens (tertiary/aromatic N) is 2. The van der Waals surface area contributed by atoms with E-state index in [-0.39, 0.29) is 5.56 Å². The molecule has 0 saturated carbocycles. The van der Waals surface area contributed by atoms with Crippen molar-refractivity contribution >= 4 is 10.9 Å². The molecule has 0 saturated heterocycles. The smallest absolute Gasteiger partial charge is 0.262 e. The fourth-order valence-corrected chi connectivity index (χ4v) is 1.93. The fourth-order valence-electron chi connectivity index (χ4n) is 1.93. The summed E-state index contributed by atoms with van der Waals surface area (Å²) in [5.41, 5.74) is 1.70. The highest BCUT2D eigenvalue weighted by atomic mass is 16.1. The maximum Gasteiger partial charge on any atom is 0.262 e. The van der Waals surface area contributed by atoms with Crippen LogP contribution >= 0.6 is 0 Å². The quantitative estimate of drug-likeness (QED) is 0.682. The molecule has 0 unspecified atom stereocenters. The van der Waals surface area contributed by atoms with Gasteiger partial charge in [-0.3, -0.25) is 9.36 Å². The molecule has 0 fully saturated rings.